The van der Waals surface area contributed by atoms with Crippen LogP contribution in [0.2, 0.25) is 5.02 Å². The van der Waals surface area contributed by atoms with Gasteiger partial charge < -0.3 is 24.4 Å². The molecule has 0 bridgehead atoms. The van der Waals surface area contributed by atoms with Crippen LogP contribution in [0.25, 0.3) is 0 Å². The van der Waals surface area contributed by atoms with Crippen molar-refractivity contribution in [2.24, 2.45) is 12.0 Å². The largest absolute Gasteiger partial charge is 0.385 e. The molecule has 3 rings (SSSR count). The van der Waals surface area contributed by atoms with Gasteiger partial charge in [0.1, 0.15) is 12.4 Å². The fourth-order valence-corrected chi connectivity index (χ4v) is 3.54. The monoisotopic (exact) mass is 547 g/mol. The summed E-state index contributed by atoms with van der Waals surface area (Å²) in [7, 11) is 3.69. The summed E-state index contributed by atoms with van der Waals surface area (Å²) in [5.41, 5.74) is 1.09. The molecule has 0 saturated carbocycles. The van der Waals surface area contributed by atoms with E-state index >= 15 is 0 Å². The molecule has 166 valence electrons. The fraction of sp³-hybridized carbons (Fsp3) is 0.550. The van der Waals surface area contributed by atoms with E-state index in [1.54, 1.807) is 7.11 Å². The van der Waals surface area contributed by atoms with Crippen LogP contribution in [-0.4, -0.2) is 72.1 Å². The van der Waals surface area contributed by atoms with Crippen molar-refractivity contribution >= 4 is 47.2 Å². The molecule has 1 aliphatic heterocycles. The van der Waals surface area contributed by atoms with Gasteiger partial charge in [0.25, 0.3) is 0 Å². The van der Waals surface area contributed by atoms with E-state index in [-0.39, 0.29) is 24.0 Å². The predicted octanol–water partition coefficient (Wildman–Crippen LogP) is 2.70. The van der Waals surface area contributed by atoms with Crippen LogP contribution in [0, 0.1) is 6.92 Å². The molecule has 2 heterocycles. The summed E-state index contributed by atoms with van der Waals surface area (Å²) in [4.78, 5) is 9.45. The van der Waals surface area contributed by atoms with Gasteiger partial charge in [-0.05, 0) is 25.5 Å². The molecule has 1 aromatic carbocycles. The summed E-state index contributed by atoms with van der Waals surface area (Å²) in [6.45, 7) is 7.51. The molecule has 30 heavy (non-hydrogen) atoms. The topological polar surface area (TPSA) is 70.8 Å². The SMILES string of the molecule is COCCCNC(=NCc1nnc(C)n1C)N1CCN(c2ccccc2Cl)CC1.I. The molecule has 1 N–H and O–H groups in total. The molecule has 0 radical (unpaired) electrons. The molecule has 10 heteroatoms. The standard InChI is InChI=1S/C20H30ClN7O.HI/c1-16-24-25-19(26(16)2)15-23-20(22-9-6-14-29-3)28-12-10-27(11-13-28)18-8-5-4-7-17(18)21;/h4-5,7-8H,6,9-15H2,1-3H3,(H,22,23);1H. The summed E-state index contributed by atoms with van der Waals surface area (Å²) in [6, 6.07) is 8.01. The van der Waals surface area contributed by atoms with Crippen molar-refractivity contribution in [2.45, 2.75) is 19.9 Å². The van der Waals surface area contributed by atoms with Crippen LogP contribution in [0.5, 0.6) is 0 Å². The first-order chi connectivity index (χ1) is 14.1. The molecule has 1 aromatic heterocycles. The number of nitrogens with one attached hydrogen (secondary N) is 1. The second kappa shape index (κ2) is 12.3. The number of para-hydroxylation sites is 1. The molecule has 8 nitrogen and oxygen atoms in total. The number of rotatable bonds is 7. The normalized spacial score (nSPS) is 14.6. The molecule has 1 fully saturated rings. The number of hydrogen-bond acceptors (Lipinski definition) is 5. The van der Waals surface area contributed by atoms with Crippen molar-refractivity contribution < 1.29 is 4.74 Å². The predicted molar refractivity (Wildman–Crippen MR) is 132 cm³/mol. The lowest BCUT2D eigenvalue weighted by atomic mass is 10.2. The summed E-state index contributed by atoms with van der Waals surface area (Å²) in [6.07, 6.45) is 0.929. The van der Waals surface area contributed by atoms with Gasteiger partial charge in [-0.25, -0.2) is 4.99 Å². The number of nitrogens with zero attached hydrogens (tertiary/aromatic N) is 6. The molecule has 0 spiro atoms. The van der Waals surface area contributed by atoms with Gasteiger partial charge in [-0.2, -0.15) is 0 Å². The first-order valence-electron chi connectivity index (χ1n) is 9.96. The lowest BCUT2D eigenvalue weighted by Gasteiger charge is -2.38. The third-order valence-electron chi connectivity index (χ3n) is 5.13. The van der Waals surface area contributed by atoms with E-state index in [1.807, 2.05) is 36.7 Å². The van der Waals surface area contributed by atoms with E-state index in [9.17, 15) is 0 Å². The van der Waals surface area contributed by atoms with E-state index in [0.717, 1.165) is 74.1 Å². The molecule has 1 aliphatic rings. The van der Waals surface area contributed by atoms with E-state index in [0.29, 0.717) is 6.54 Å². The number of ether oxygens (including phenoxy) is 1. The second-order valence-corrected chi connectivity index (χ2v) is 7.47. The zero-order chi connectivity index (χ0) is 20.6. The highest BCUT2D eigenvalue weighted by Crippen LogP contribution is 2.26. The highest BCUT2D eigenvalue weighted by molar-refractivity contribution is 14.0. The second-order valence-electron chi connectivity index (χ2n) is 7.06. The van der Waals surface area contributed by atoms with Crippen LogP contribution in [0.1, 0.15) is 18.1 Å². The highest BCUT2D eigenvalue weighted by Gasteiger charge is 2.21. The third kappa shape index (κ3) is 6.45. The van der Waals surface area contributed by atoms with E-state index in [2.05, 4.69) is 31.4 Å². The van der Waals surface area contributed by atoms with Crippen LogP contribution in [0.3, 0.4) is 0 Å². The number of piperazine rings is 1. The molecule has 0 aliphatic carbocycles. The van der Waals surface area contributed by atoms with Gasteiger partial charge >= 0.3 is 0 Å². The Morgan fingerprint density at radius 3 is 2.57 bits per heavy atom. The maximum Gasteiger partial charge on any atom is 0.194 e. The summed E-state index contributed by atoms with van der Waals surface area (Å²) in [5, 5.41) is 12.6. The Balaban J connectivity index is 0.00000320. The smallest absolute Gasteiger partial charge is 0.194 e. The summed E-state index contributed by atoms with van der Waals surface area (Å²) >= 11 is 6.37. The van der Waals surface area contributed by atoms with Gasteiger partial charge in [0.05, 0.1) is 10.7 Å². The Morgan fingerprint density at radius 1 is 1.20 bits per heavy atom. The van der Waals surface area contributed by atoms with E-state index in [1.165, 1.54) is 0 Å². The van der Waals surface area contributed by atoms with Crippen molar-refractivity contribution in [2.75, 3.05) is 51.3 Å². The van der Waals surface area contributed by atoms with Crippen molar-refractivity contribution in [3.63, 3.8) is 0 Å². The Labute approximate surface area is 200 Å². The van der Waals surface area contributed by atoms with Crippen LogP contribution < -0.4 is 10.2 Å². The third-order valence-corrected chi connectivity index (χ3v) is 5.45. The number of benzene rings is 1. The Bertz CT molecular complexity index is 821. The van der Waals surface area contributed by atoms with Crippen LogP contribution in [0.15, 0.2) is 29.3 Å². The molecule has 0 atom stereocenters. The minimum absolute atomic E-state index is 0. The lowest BCUT2D eigenvalue weighted by Crippen LogP contribution is -2.52. The average molecular weight is 548 g/mol. The Kier molecular flexibility index (Phi) is 10.1. The number of anilines is 1. The van der Waals surface area contributed by atoms with Crippen molar-refractivity contribution in [3.8, 4) is 0 Å². The maximum atomic E-state index is 6.37. The van der Waals surface area contributed by atoms with Crippen molar-refractivity contribution in [1.29, 1.82) is 0 Å². The van der Waals surface area contributed by atoms with Gasteiger partial charge in [0, 0.05) is 53.5 Å². The fourth-order valence-electron chi connectivity index (χ4n) is 3.29. The minimum atomic E-state index is 0. The van der Waals surface area contributed by atoms with Gasteiger partial charge in [0.15, 0.2) is 11.8 Å². The average Bonchev–Trinajstić information content (AvgIpc) is 3.06. The van der Waals surface area contributed by atoms with E-state index in [4.69, 9.17) is 21.3 Å². The van der Waals surface area contributed by atoms with Gasteiger partial charge in [0.2, 0.25) is 0 Å². The Morgan fingerprint density at radius 2 is 1.93 bits per heavy atom. The highest BCUT2D eigenvalue weighted by atomic mass is 127. The number of aliphatic imine (C=N–C) groups is 1. The molecular weight excluding hydrogens is 517 g/mol. The van der Waals surface area contributed by atoms with Crippen molar-refractivity contribution in [3.05, 3.63) is 40.9 Å². The molecule has 1 saturated heterocycles. The number of methoxy groups -OCH3 is 1. The number of aromatic nitrogens is 3. The summed E-state index contributed by atoms with van der Waals surface area (Å²) in [5.74, 6) is 2.65. The number of halogens is 2. The number of aryl methyl sites for hydroxylation is 1. The van der Waals surface area contributed by atoms with Crippen LogP contribution in [-0.2, 0) is 18.3 Å². The quantitative estimate of drug-likeness (QED) is 0.249. The van der Waals surface area contributed by atoms with E-state index < -0.39 is 0 Å². The first-order valence-corrected chi connectivity index (χ1v) is 10.3. The van der Waals surface area contributed by atoms with Gasteiger partial charge in [-0.15, -0.1) is 34.2 Å². The minimum Gasteiger partial charge on any atom is -0.385 e. The zero-order valence-corrected chi connectivity index (χ0v) is 20.9. The van der Waals surface area contributed by atoms with Crippen LogP contribution in [0.4, 0.5) is 5.69 Å². The number of hydrogen-bond donors (Lipinski definition) is 1. The summed E-state index contributed by atoms with van der Waals surface area (Å²) < 4.78 is 7.13. The molecular formula is C20H31ClIN7O. The zero-order valence-electron chi connectivity index (χ0n) is 17.8. The first kappa shape index (κ1) is 24.7. The van der Waals surface area contributed by atoms with Crippen LogP contribution >= 0.6 is 35.6 Å². The molecule has 2 aromatic rings. The molecule has 0 amide bonds. The number of guanidine groups is 1. The maximum absolute atomic E-state index is 6.37. The van der Waals surface area contributed by atoms with Gasteiger partial charge in [-0.3, -0.25) is 0 Å². The lowest BCUT2D eigenvalue weighted by molar-refractivity contribution is 0.195. The Hall–Kier alpha value is -1.59. The molecule has 0 unspecified atom stereocenters. The van der Waals surface area contributed by atoms with Crippen molar-refractivity contribution in [1.82, 2.24) is 25.0 Å². The van der Waals surface area contributed by atoms with Gasteiger partial charge in [-0.1, -0.05) is 23.7 Å².